The lowest BCUT2D eigenvalue weighted by Crippen LogP contribution is -2.39. The molecule has 0 aliphatic carbocycles. The zero-order chi connectivity index (χ0) is 17.3. The van der Waals surface area contributed by atoms with Gasteiger partial charge in [-0.15, -0.1) is 37.2 Å². The number of hydrogen-bond acceptors (Lipinski definition) is 5. The van der Waals surface area contributed by atoms with Crippen LogP contribution >= 0.6 is 37.2 Å². The molecular formula is C21H28Cl3N3O2. The predicted molar refractivity (Wildman–Crippen MR) is 121 cm³/mol. The molecule has 3 aliphatic heterocycles. The summed E-state index contributed by atoms with van der Waals surface area (Å²) in [7, 11) is 0. The lowest BCUT2D eigenvalue weighted by Gasteiger charge is -2.34. The van der Waals surface area contributed by atoms with Gasteiger partial charge in [0.05, 0.1) is 0 Å². The predicted octanol–water partition coefficient (Wildman–Crippen LogP) is 4.30. The molecule has 4 heterocycles. The van der Waals surface area contributed by atoms with Gasteiger partial charge in [-0.3, -0.25) is 14.8 Å². The summed E-state index contributed by atoms with van der Waals surface area (Å²) in [4.78, 5) is 9.31. The third kappa shape index (κ3) is 5.47. The van der Waals surface area contributed by atoms with Crippen LogP contribution in [0.5, 0.6) is 11.5 Å². The maximum absolute atomic E-state index is 5.53. The molecule has 160 valence electrons. The van der Waals surface area contributed by atoms with Crippen molar-refractivity contribution < 1.29 is 9.47 Å². The maximum Gasteiger partial charge on any atom is 0.231 e. The Kier molecular flexibility index (Phi) is 8.86. The first-order valence-corrected chi connectivity index (χ1v) is 9.58. The number of rotatable bonds is 4. The van der Waals surface area contributed by atoms with Crippen LogP contribution in [0.15, 0.2) is 36.7 Å². The van der Waals surface area contributed by atoms with Crippen LogP contribution in [0.3, 0.4) is 0 Å². The third-order valence-electron chi connectivity index (χ3n) is 5.76. The number of piperidine rings is 1. The Hall–Kier alpha value is -1.24. The summed E-state index contributed by atoms with van der Waals surface area (Å²) in [5.41, 5.74) is 4.17. The number of halogens is 3. The number of benzene rings is 1. The van der Waals surface area contributed by atoms with Crippen molar-refractivity contribution in [1.29, 1.82) is 0 Å². The number of likely N-dealkylation sites (tertiary alicyclic amines) is 1. The van der Waals surface area contributed by atoms with Crippen molar-refractivity contribution in [2.75, 3.05) is 26.4 Å². The van der Waals surface area contributed by atoms with Crippen LogP contribution < -0.4 is 9.47 Å². The van der Waals surface area contributed by atoms with E-state index in [0.717, 1.165) is 37.1 Å². The van der Waals surface area contributed by atoms with Crippen LogP contribution in [0.4, 0.5) is 0 Å². The lowest BCUT2D eigenvalue weighted by molar-refractivity contribution is 0.127. The van der Waals surface area contributed by atoms with E-state index in [4.69, 9.17) is 9.47 Å². The van der Waals surface area contributed by atoms with Gasteiger partial charge >= 0.3 is 0 Å². The fourth-order valence-electron chi connectivity index (χ4n) is 4.54. The minimum atomic E-state index is 0. The standard InChI is InChI=1S/C21H25N3O2.3ClH/c1-2-17(11-23(7-1)10-16-3-5-22-6-4-16)12-24-13-18-8-20-21(26-15-25-20)9-19(18)14-24;;;/h3-6,8-9,17H,1-2,7,10-15H2;3*1H. The Balaban J connectivity index is 0.000001000. The highest BCUT2D eigenvalue weighted by Crippen LogP contribution is 2.38. The first-order chi connectivity index (χ1) is 12.8. The molecule has 0 radical (unpaired) electrons. The second-order valence-electron chi connectivity index (χ2n) is 7.74. The Bertz CT molecular complexity index is 761. The van der Waals surface area contributed by atoms with Gasteiger partial charge < -0.3 is 9.47 Å². The quantitative estimate of drug-likeness (QED) is 0.680. The molecule has 0 amide bonds. The molecule has 5 rings (SSSR count). The van der Waals surface area contributed by atoms with E-state index in [1.807, 2.05) is 12.4 Å². The van der Waals surface area contributed by atoms with E-state index in [1.54, 1.807) is 0 Å². The highest BCUT2D eigenvalue weighted by Gasteiger charge is 2.28. The second-order valence-corrected chi connectivity index (χ2v) is 7.74. The summed E-state index contributed by atoms with van der Waals surface area (Å²) >= 11 is 0. The zero-order valence-corrected chi connectivity index (χ0v) is 18.7. The second kappa shape index (κ2) is 10.7. The smallest absolute Gasteiger partial charge is 0.231 e. The molecule has 1 aromatic heterocycles. The Morgan fingerprint density at radius 1 is 0.931 bits per heavy atom. The van der Waals surface area contributed by atoms with E-state index in [9.17, 15) is 0 Å². The molecular weight excluding hydrogens is 433 g/mol. The fraction of sp³-hybridized carbons (Fsp3) is 0.476. The van der Waals surface area contributed by atoms with Crippen LogP contribution in [0, 0.1) is 5.92 Å². The highest BCUT2D eigenvalue weighted by atomic mass is 35.5. The normalized spacial score (nSPS) is 20.2. The number of aromatic nitrogens is 1. The largest absolute Gasteiger partial charge is 0.454 e. The number of hydrogen-bond donors (Lipinski definition) is 0. The Labute approximate surface area is 191 Å². The molecule has 1 saturated heterocycles. The van der Waals surface area contributed by atoms with Gasteiger partial charge in [0.25, 0.3) is 0 Å². The first kappa shape index (κ1) is 24.0. The molecule has 1 aromatic carbocycles. The molecule has 0 saturated carbocycles. The van der Waals surface area contributed by atoms with Crippen molar-refractivity contribution in [3.63, 3.8) is 0 Å². The average Bonchev–Trinajstić information content (AvgIpc) is 3.26. The number of nitrogens with zero attached hydrogens (tertiary/aromatic N) is 3. The van der Waals surface area contributed by atoms with Gasteiger partial charge in [0.1, 0.15) is 0 Å². The molecule has 0 N–H and O–H groups in total. The number of fused-ring (bicyclic) bond motifs is 2. The van der Waals surface area contributed by atoms with Gasteiger partial charge in [-0.05, 0) is 66.3 Å². The van der Waals surface area contributed by atoms with Crippen LogP contribution in [0.1, 0.15) is 29.5 Å². The van der Waals surface area contributed by atoms with Crippen molar-refractivity contribution in [2.45, 2.75) is 32.5 Å². The highest BCUT2D eigenvalue weighted by molar-refractivity contribution is 5.86. The van der Waals surface area contributed by atoms with Crippen molar-refractivity contribution in [1.82, 2.24) is 14.8 Å². The number of pyridine rings is 1. The summed E-state index contributed by atoms with van der Waals surface area (Å²) in [6, 6.07) is 8.61. The van der Waals surface area contributed by atoms with Crippen molar-refractivity contribution in [3.05, 3.63) is 53.3 Å². The number of ether oxygens (including phenoxy) is 2. The zero-order valence-electron chi connectivity index (χ0n) is 16.3. The van der Waals surface area contributed by atoms with Gasteiger partial charge in [-0.2, -0.15) is 0 Å². The van der Waals surface area contributed by atoms with E-state index in [0.29, 0.717) is 6.79 Å². The van der Waals surface area contributed by atoms with E-state index < -0.39 is 0 Å². The molecule has 1 fully saturated rings. The summed E-state index contributed by atoms with van der Waals surface area (Å²) in [6.45, 7) is 7.05. The monoisotopic (exact) mass is 459 g/mol. The first-order valence-electron chi connectivity index (χ1n) is 9.58. The fourth-order valence-corrected chi connectivity index (χ4v) is 4.54. The van der Waals surface area contributed by atoms with Gasteiger partial charge in [0.2, 0.25) is 6.79 Å². The summed E-state index contributed by atoms with van der Waals surface area (Å²) in [5, 5.41) is 0. The molecule has 2 aromatic rings. The van der Waals surface area contributed by atoms with Crippen LogP contribution in [-0.4, -0.2) is 41.2 Å². The molecule has 5 nitrogen and oxygen atoms in total. The molecule has 0 spiro atoms. The molecule has 1 unspecified atom stereocenters. The van der Waals surface area contributed by atoms with Gasteiger partial charge in [0.15, 0.2) is 11.5 Å². The average molecular weight is 461 g/mol. The summed E-state index contributed by atoms with van der Waals surface area (Å²) in [6.07, 6.45) is 6.42. The minimum Gasteiger partial charge on any atom is -0.454 e. The third-order valence-corrected chi connectivity index (χ3v) is 5.76. The topological polar surface area (TPSA) is 37.8 Å². The van der Waals surface area contributed by atoms with Crippen molar-refractivity contribution in [2.24, 2.45) is 5.92 Å². The Morgan fingerprint density at radius 3 is 2.24 bits per heavy atom. The van der Waals surface area contributed by atoms with Crippen molar-refractivity contribution in [3.8, 4) is 11.5 Å². The lowest BCUT2D eigenvalue weighted by atomic mass is 9.97. The van der Waals surface area contributed by atoms with E-state index in [-0.39, 0.29) is 37.2 Å². The minimum absolute atomic E-state index is 0. The van der Waals surface area contributed by atoms with E-state index in [1.165, 1.54) is 49.2 Å². The molecule has 8 heteroatoms. The summed E-state index contributed by atoms with van der Waals surface area (Å²) < 4.78 is 11.1. The summed E-state index contributed by atoms with van der Waals surface area (Å²) in [5.74, 6) is 2.57. The van der Waals surface area contributed by atoms with Crippen LogP contribution in [-0.2, 0) is 19.6 Å². The van der Waals surface area contributed by atoms with Gasteiger partial charge in [0, 0.05) is 45.1 Å². The van der Waals surface area contributed by atoms with Crippen molar-refractivity contribution >= 4 is 37.2 Å². The SMILES string of the molecule is Cl.Cl.Cl.c1cc(CN2CCCC(CN3Cc4cc5c(cc4C3)OCO5)C2)ccn1. The molecule has 3 aliphatic rings. The molecule has 0 bridgehead atoms. The Morgan fingerprint density at radius 2 is 1.59 bits per heavy atom. The van der Waals surface area contributed by atoms with Crippen LogP contribution in [0.2, 0.25) is 0 Å². The molecule has 1 atom stereocenters. The van der Waals surface area contributed by atoms with E-state index >= 15 is 0 Å². The van der Waals surface area contributed by atoms with Gasteiger partial charge in [-0.25, -0.2) is 0 Å². The van der Waals surface area contributed by atoms with Crippen LogP contribution in [0.25, 0.3) is 0 Å². The molecule has 29 heavy (non-hydrogen) atoms. The maximum atomic E-state index is 5.53. The van der Waals surface area contributed by atoms with Gasteiger partial charge in [-0.1, -0.05) is 0 Å². The van der Waals surface area contributed by atoms with E-state index in [2.05, 4.69) is 39.0 Å².